The topological polar surface area (TPSA) is 55.8 Å². The van der Waals surface area contributed by atoms with E-state index in [1.54, 1.807) is 0 Å². The van der Waals surface area contributed by atoms with Gasteiger partial charge in [0.1, 0.15) is 6.10 Å². The third-order valence-electron chi connectivity index (χ3n) is 8.28. The Labute approximate surface area is 327 Å². The first-order valence-electron chi connectivity index (χ1n) is 21.1. The molecular weight excluding hydrogens is 653 g/mol. The van der Waals surface area contributed by atoms with Crippen LogP contribution < -0.4 is 0 Å². The molecule has 0 saturated heterocycles. The molecule has 0 amide bonds. The lowest BCUT2D eigenvalue weighted by molar-refractivity contribution is -0.154. The SMILES string of the molecule is CC/C=C\C/C=C\C/C=C\C/C=C\C/C=C\C/C=C\CCCCCCCOCC(CO)OC(=O)CCCCCC/C=C\C/C=C\C/C=C\C/C=C\CC. The summed E-state index contributed by atoms with van der Waals surface area (Å²) in [5.74, 6) is -0.237. The summed E-state index contributed by atoms with van der Waals surface area (Å²) in [6.45, 7) is 5.02. The maximum Gasteiger partial charge on any atom is 0.306 e. The van der Waals surface area contributed by atoms with Gasteiger partial charge >= 0.3 is 5.97 Å². The van der Waals surface area contributed by atoms with Crippen molar-refractivity contribution in [3.63, 3.8) is 0 Å². The van der Waals surface area contributed by atoms with Gasteiger partial charge in [-0.1, -0.05) is 167 Å². The molecule has 0 fully saturated rings. The van der Waals surface area contributed by atoms with Crippen LogP contribution in [0.4, 0.5) is 0 Å². The first-order chi connectivity index (χ1) is 26.2. The molecule has 0 aromatic heterocycles. The van der Waals surface area contributed by atoms with Crippen LogP contribution >= 0.6 is 0 Å². The number of esters is 1. The Morgan fingerprint density at radius 1 is 0.453 bits per heavy atom. The molecule has 0 bridgehead atoms. The van der Waals surface area contributed by atoms with Crippen molar-refractivity contribution in [2.24, 2.45) is 0 Å². The van der Waals surface area contributed by atoms with Crippen molar-refractivity contribution in [2.45, 2.75) is 161 Å². The Hall–Kier alpha value is -3.21. The smallest absolute Gasteiger partial charge is 0.306 e. The van der Waals surface area contributed by atoms with E-state index in [1.165, 1.54) is 19.3 Å². The van der Waals surface area contributed by atoms with E-state index in [9.17, 15) is 9.90 Å². The van der Waals surface area contributed by atoms with Crippen LogP contribution in [0.5, 0.6) is 0 Å². The summed E-state index contributed by atoms with van der Waals surface area (Å²) in [5.41, 5.74) is 0. The quantitative estimate of drug-likeness (QED) is 0.0393. The highest BCUT2D eigenvalue weighted by Crippen LogP contribution is 2.10. The molecule has 0 aromatic carbocycles. The third kappa shape index (κ3) is 43.1. The molecular formula is C49H78O4. The van der Waals surface area contributed by atoms with Crippen molar-refractivity contribution < 1.29 is 19.4 Å². The first kappa shape index (κ1) is 49.8. The normalized spacial score (nSPS) is 13.6. The number of ether oxygens (including phenoxy) is 2. The monoisotopic (exact) mass is 731 g/mol. The second-order valence-electron chi connectivity index (χ2n) is 13.3. The second-order valence-corrected chi connectivity index (χ2v) is 13.3. The summed E-state index contributed by atoms with van der Waals surface area (Å²) < 4.78 is 11.1. The Kier molecular flexibility index (Phi) is 42.2. The van der Waals surface area contributed by atoms with Crippen molar-refractivity contribution in [1.82, 2.24) is 0 Å². The number of unbranched alkanes of at least 4 members (excludes halogenated alkanes) is 9. The zero-order valence-corrected chi connectivity index (χ0v) is 34.0. The number of allylic oxidation sites excluding steroid dienone is 20. The number of aliphatic hydroxyl groups is 1. The van der Waals surface area contributed by atoms with Gasteiger partial charge < -0.3 is 14.6 Å². The van der Waals surface area contributed by atoms with Gasteiger partial charge in [0, 0.05) is 13.0 Å². The molecule has 0 aliphatic heterocycles. The Bertz CT molecular complexity index is 1080. The van der Waals surface area contributed by atoms with Gasteiger partial charge in [-0.25, -0.2) is 0 Å². The van der Waals surface area contributed by atoms with E-state index in [-0.39, 0.29) is 19.2 Å². The lowest BCUT2D eigenvalue weighted by Crippen LogP contribution is -2.27. The predicted molar refractivity (Wildman–Crippen MR) is 232 cm³/mol. The Morgan fingerprint density at radius 2 is 0.792 bits per heavy atom. The number of aliphatic hydroxyl groups excluding tert-OH is 1. The fraction of sp³-hybridized carbons (Fsp3) is 0.571. The second kappa shape index (κ2) is 44.9. The van der Waals surface area contributed by atoms with Crippen LogP contribution in [0.1, 0.15) is 155 Å². The van der Waals surface area contributed by atoms with E-state index in [1.807, 2.05) is 0 Å². The van der Waals surface area contributed by atoms with Crippen LogP contribution in [-0.2, 0) is 14.3 Å². The maximum atomic E-state index is 12.2. The van der Waals surface area contributed by atoms with Gasteiger partial charge in [-0.3, -0.25) is 4.79 Å². The van der Waals surface area contributed by atoms with E-state index < -0.39 is 6.10 Å². The molecule has 1 unspecified atom stereocenters. The lowest BCUT2D eigenvalue weighted by Gasteiger charge is -2.15. The first-order valence-corrected chi connectivity index (χ1v) is 21.1. The maximum absolute atomic E-state index is 12.2. The minimum absolute atomic E-state index is 0.199. The fourth-order valence-corrected chi connectivity index (χ4v) is 5.20. The van der Waals surface area contributed by atoms with Gasteiger partial charge in [-0.05, 0) is 103 Å². The van der Waals surface area contributed by atoms with Gasteiger partial charge in [-0.15, -0.1) is 0 Å². The largest absolute Gasteiger partial charge is 0.457 e. The molecule has 1 atom stereocenters. The number of hydrogen-bond acceptors (Lipinski definition) is 4. The molecule has 0 spiro atoms. The van der Waals surface area contributed by atoms with Crippen LogP contribution in [0.15, 0.2) is 122 Å². The number of hydrogen-bond donors (Lipinski definition) is 1. The molecule has 0 aliphatic carbocycles. The minimum atomic E-state index is -0.568. The van der Waals surface area contributed by atoms with Crippen LogP contribution in [0.3, 0.4) is 0 Å². The van der Waals surface area contributed by atoms with Crippen LogP contribution in [0, 0.1) is 0 Å². The summed E-state index contributed by atoms with van der Waals surface area (Å²) in [6, 6.07) is 0. The third-order valence-corrected chi connectivity index (χ3v) is 8.28. The zero-order chi connectivity index (χ0) is 38.4. The van der Waals surface area contributed by atoms with E-state index >= 15 is 0 Å². The molecule has 0 rings (SSSR count). The molecule has 53 heavy (non-hydrogen) atoms. The molecule has 0 aliphatic rings. The molecule has 1 N–H and O–H groups in total. The summed E-state index contributed by atoms with van der Waals surface area (Å²) in [4.78, 5) is 12.2. The highest BCUT2D eigenvalue weighted by atomic mass is 16.6. The Balaban J connectivity index is 3.60. The van der Waals surface area contributed by atoms with E-state index in [0.29, 0.717) is 13.0 Å². The molecule has 298 valence electrons. The van der Waals surface area contributed by atoms with Crippen LogP contribution in [0.25, 0.3) is 0 Å². The number of carbonyl (C=O) groups is 1. The van der Waals surface area contributed by atoms with Crippen LogP contribution in [0.2, 0.25) is 0 Å². The van der Waals surface area contributed by atoms with Crippen molar-refractivity contribution in [3.8, 4) is 0 Å². The average Bonchev–Trinajstić information content (AvgIpc) is 3.16. The van der Waals surface area contributed by atoms with Crippen molar-refractivity contribution in [2.75, 3.05) is 19.8 Å². The van der Waals surface area contributed by atoms with Gasteiger partial charge in [0.2, 0.25) is 0 Å². The van der Waals surface area contributed by atoms with E-state index in [4.69, 9.17) is 9.47 Å². The summed E-state index contributed by atoms with van der Waals surface area (Å²) in [5, 5.41) is 9.60. The molecule has 4 heteroatoms. The molecule has 0 saturated carbocycles. The molecule has 0 aromatic rings. The lowest BCUT2D eigenvalue weighted by atomic mass is 10.1. The zero-order valence-electron chi connectivity index (χ0n) is 34.0. The van der Waals surface area contributed by atoms with Crippen molar-refractivity contribution in [3.05, 3.63) is 122 Å². The summed E-state index contributed by atoms with van der Waals surface area (Å²) >= 11 is 0. The van der Waals surface area contributed by atoms with E-state index in [2.05, 4.69) is 135 Å². The standard InChI is InChI=1S/C49H78O4/c1-3-5-7-9-11-13-15-17-19-21-22-23-24-25-26-27-29-31-33-35-37-39-41-43-45-52-47-48(46-50)53-49(51)44-42-40-38-36-34-32-30-28-20-18-16-14-12-10-8-6-4-2/h5-8,11-14,17-20,22-23,25-26,29-32,48,50H,3-4,9-10,15-16,21,24,27-28,33-47H2,1-2H3/b7-5-,8-6-,13-11-,14-12-,19-17-,20-18-,23-22-,26-25-,31-29-,32-30-. The van der Waals surface area contributed by atoms with Gasteiger partial charge in [-0.2, -0.15) is 0 Å². The number of carbonyl (C=O) groups excluding carboxylic acids is 1. The van der Waals surface area contributed by atoms with Gasteiger partial charge in [0.25, 0.3) is 0 Å². The van der Waals surface area contributed by atoms with Crippen LogP contribution in [-0.4, -0.2) is 37.0 Å². The fourth-order valence-electron chi connectivity index (χ4n) is 5.20. The number of rotatable bonds is 37. The average molecular weight is 731 g/mol. The molecule has 0 radical (unpaired) electrons. The highest BCUT2D eigenvalue weighted by molar-refractivity contribution is 5.69. The van der Waals surface area contributed by atoms with Gasteiger partial charge in [0.15, 0.2) is 0 Å². The minimum Gasteiger partial charge on any atom is -0.457 e. The van der Waals surface area contributed by atoms with E-state index in [0.717, 1.165) is 116 Å². The predicted octanol–water partition coefficient (Wildman–Crippen LogP) is 14.1. The molecule has 4 nitrogen and oxygen atoms in total. The molecule has 0 heterocycles. The summed E-state index contributed by atoms with van der Waals surface area (Å²) in [6.07, 6.45) is 66.8. The summed E-state index contributed by atoms with van der Waals surface area (Å²) in [7, 11) is 0. The van der Waals surface area contributed by atoms with Crippen molar-refractivity contribution in [1.29, 1.82) is 0 Å². The van der Waals surface area contributed by atoms with Gasteiger partial charge in [0.05, 0.1) is 13.2 Å². The van der Waals surface area contributed by atoms with Crippen molar-refractivity contribution >= 4 is 5.97 Å². The Morgan fingerprint density at radius 3 is 1.19 bits per heavy atom. The highest BCUT2D eigenvalue weighted by Gasteiger charge is 2.13.